The van der Waals surface area contributed by atoms with E-state index in [4.69, 9.17) is 4.74 Å². The van der Waals surface area contributed by atoms with Gasteiger partial charge in [0.15, 0.2) is 6.61 Å². The zero-order valence-corrected chi connectivity index (χ0v) is 16.8. The van der Waals surface area contributed by atoms with Gasteiger partial charge in [-0.25, -0.2) is 4.79 Å². The normalized spacial score (nSPS) is 11.9. The number of nitrogens with zero attached hydrogens (tertiary/aromatic N) is 2. The van der Waals surface area contributed by atoms with E-state index in [0.29, 0.717) is 16.3 Å². The number of amides is 2. The first kappa shape index (κ1) is 20.6. The highest BCUT2D eigenvalue weighted by molar-refractivity contribution is 7.12. The molecule has 2 amide bonds. The summed E-state index contributed by atoms with van der Waals surface area (Å²) in [5.41, 5.74) is 2.08. The van der Waals surface area contributed by atoms with Crippen LogP contribution in [0.25, 0.3) is 0 Å². The Hall–Kier alpha value is -2.68. The summed E-state index contributed by atoms with van der Waals surface area (Å²) in [5, 5.41) is 11.4. The number of anilines is 1. The predicted octanol–water partition coefficient (Wildman–Crippen LogP) is 2.03. The SMILES string of the molecule is Cc1nn(C)c(C)c1NC(=O)COC(=O)[C@@H](NC(=O)c1cccs1)C(C)C. The summed E-state index contributed by atoms with van der Waals surface area (Å²) in [6.45, 7) is 6.76. The number of carbonyl (C=O) groups is 3. The maximum atomic E-state index is 12.4. The molecule has 27 heavy (non-hydrogen) atoms. The molecule has 0 aliphatic heterocycles. The van der Waals surface area contributed by atoms with Crippen LogP contribution in [0, 0.1) is 19.8 Å². The van der Waals surface area contributed by atoms with Gasteiger partial charge >= 0.3 is 5.97 Å². The lowest BCUT2D eigenvalue weighted by atomic mass is 10.0. The molecule has 0 unspecified atom stereocenters. The monoisotopic (exact) mass is 392 g/mol. The lowest BCUT2D eigenvalue weighted by Gasteiger charge is -2.20. The van der Waals surface area contributed by atoms with Gasteiger partial charge in [0.05, 0.1) is 22.0 Å². The summed E-state index contributed by atoms with van der Waals surface area (Å²) in [6.07, 6.45) is 0. The molecule has 0 aliphatic rings. The van der Waals surface area contributed by atoms with Crippen LogP contribution in [0.1, 0.15) is 34.9 Å². The summed E-state index contributed by atoms with van der Waals surface area (Å²) in [4.78, 5) is 37.2. The second-order valence-corrected chi connectivity index (χ2v) is 7.45. The smallest absolute Gasteiger partial charge is 0.329 e. The Balaban J connectivity index is 1.93. The zero-order valence-electron chi connectivity index (χ0n) is 16.0. The number of aryl methyl sites for hydroxylation is 2. The Morgan fingerprint density at radius 3 is 2.52 bits per heavy atom. The van der Waals surface area contributed by atoms with Crippen molar-refractivity contribution in [1.82, 2.24) is 15.1 Å². The Bertz CT molecular complexity index is 827. The second kappa shape index (κ2) is 8.81. The molecule has 0 spiro atoms. The van der Waals surface area contributed by atoms with Gasteiger partial charge in [-0.3, -0.25) is 14.3 Å². The lowest BCUT2D eigenvalue weighted by molar-refractivity contribution is -0.150. The minimum atomic E-state index is -0.839. The third kappa shape index (κ3) is 5.16. The van der Waals surface area contributed by atoms with Crippen molar-refractivity contribution in [3.8, 4) is 0 Å². The van der Waals surface area contributed by atoms with Gasteiger partial charge < -0.3 is 15.4 Å². The van der Waals surface area contributed by atoms with Crippen LogP contribution in [0.3, 0.4) is 0 Å². The van der Waals surface area contributed by atoms with Crippen LogP contribution in [-0.2, 0) is 21.4 Å². The van der Waals surface area contributed by atoms with Crippen LogP contribution in [-0.4, -0.2) is 40.2 Å². The summed E-state index contributed by atoms with van der Waals surface area (Å²) in [7, 11) is 1.78. The molecule has 9 heteroatoms. The molecule has 2 aromatic heterocycles. The van der Waals surface area contributed by atoms with Gasteiger partial charge in [-0.2, -0.15) is 5.10 Å². The first-order chi connectivity index (χ1) is 12.7. The average Bonchev–Trinajstić information content (AvgIpc) is 3.22. The Labute approximate surface area is 161 Å². The highest BCUT2D eigenvalue weighted by Crippen LogP contribution is 2.18. The molecule has 0 radical (unpaired) electrons. The first-order valence-corrected chi connectivity index (χ1v) is 9.39. The maximum absolute atomic E-state index is 12.4. The molecular weight excluding hydrogens is 368 g/mol. The molecule has 2 heterocycles. The average molecular weight is 392 g/mol. The van der Waals surface area contributed by atoms with Gasteiger partial charge in [0.25, 0.3) is 11.8 Å². The van der Waals surface area contributed by atoms with Crippen LogP contribution in [0.2, 0.25) is 0 Å². The Kier molecular flexibility index (Phi) is 6.73. The number of aromatic nitrogens is 2. The van der Waals surface area contributed by atoms with Gasteiger partial charge in [0.2, 0.25) is 0 Å². The van der Waals surface area contributed by atoms with E-state index in [1.165, 1.54) is 11.3 Å². The molecule has 2 rings (SSSR count). The van der Waals surface area contributed by atoms with Crippen LogP contribution < -0.4 is 10.6 Å². The molecule has 0 aromatic carbocycles. The topological polar surface area (TPSA) is 102 Å². The third-order valence-electron chi connectivity index (χ3n) is 4.07. The molecule has 146 valence electrons. The van der Waals surface area contributed by atoms with E-state index in [1.807, 2.05) is 6.92 Å². The lowest BCUT2D eigenvalue weighted by Crippen LogP contribution is -2.45. The maximum Gasteiger partial charge on any atom is 0.329 e. The number of thiophene rings is 1. The molecule has 2 N–H and O–H groups in total. The molecule has 0 saturated carbocycles. The molecule has 0 saturated heterocycles. The second-order valence-electron chi connectivity index (χ2n) is 6.50. The highest BCUT2D eigenvalue weighted by atomic mass is 32.1. The summed E-state index contributed by atoms with van der Waals surface area (Å²) in [5.74, 6) is -1.64. The van der Waals surface area contributed by atoms with Gasteiger partial charge in [0, 0.05) is 7.05 Å². The number of rotatable bonds is 7. The molecule has 0 aliphatic carbocycles. The van der Waals surface area contributed by atoms with Crippen LogP contribution in [0.5, 0.6) is 0 Å². The van der Waals surface area contributed by atoms with E-state index in [-0.39, 0.29) is 11.8 Å². The summed E-state index contributed by atoms with van der Waals surface area (Å²) in [6, 6.07) is 2.60. The third-order valence-corrected chi connectivity index (χ3v) is 4.94. The minimum Gasteiger partial charge on any atom is -0.454 e. The van der Waals surface area contributed by atoms with Gasteiger partial charge in [-0.15, -0.1) is 11.3 Å². The van der Waals surface area contributed by atoms with Gasteiger partial charge in [0.1, 0.15) is 6.04 Å². The minimum absolute atomic E-state index is 0.188. The molecule has 1 atom stereocenters. The van der Waals surface area contributed by atoms with Gasteiger partial charge in [-0.1, -0.05) is 19.9 Å². The van der Waals surface area contributed by atoms with Crippen molar-refractivity contribution in [2.24, 2.45) is 13.0 Å². The largest absolute Gasteiger partial charge is 0.454 e. The van der Waals surface area contributed by atoms with Crippen molar-refractivity contribution in [3.05, 3.63) is 33.8 Å². The van der Waals surface area contributed by atoms with Crippen LogP contribution in [0.4, 0.5) is 5.69 Å². The predicted molar refractivity (Wildman–Crippen MR) is 103 cm³/mol. The van der Waals surface area contributed by atoms with Crippen molar-refractivity contribution in [3.63, 3.8) is 0 Å². The summed E-state index contributed by atoms with van der Waals surface area (Å²) < 4.78 is 6.77. The number of carbonyl (C=O) groups excluding carboxylic acids is 3. The Morgan fingerprint density at radius 1 is 1.30 bits per heavy atom. The number of esters is 1. The molecule has 0 bridgehead atoms. The van der Waals surface area contributed by atoms with Gasteiger partial charge in [-0.05, 0) is 31.2 Å². The fourth-order valence-corrected chi connectivity index (χ4v) is 3.10. The molecule has 8 nitrogen and oxygen atoms in total. The number of hydrogen-bond donors (Lipinski definition) is 2. The van der Waals surface area contributed by atoms with E-state index >= 15 is 0 Å². The molecule has 0 fully saturated rings. The zero-order chi connectivity index (χ0) is 20.1. The van der Waals surface area contributed by atoms with E-state index in [9.17, 15) is 14.4 Å². The number of hydrogen-bond acceptors (Lipinski definition) is 6. The Morgan fingerprint density at radius 2 is 2.00 bits per heavy atom. The van der Waals surface area contributed by atoms with E-state index in [2.05, 4.69) is 15.7 Å². The fraction of sp³-hybridized carbons (Fsp3) is 0.444. The van der Waals surface area contributed by atoms with Crippen LogP contribution >= 0.6 is 11.3 Å². The number of ether oxygens (including phenoxy) is 1. The van der Waals surface area contributed by atoms with Crippen molar-refractivity contribution in [1.29, 1.82) is 0 Å². The highest BCUT2D eigenvalue weighted by Gasteiger charge is 2.27. The van der Waals surface area contributed by atoms with Crippen molar-refractivity contribution in [2.75, 3.05) is 11.9 Å². The number of nitrogens with one attached hydrogen (secondary N) is 2. The fourth-order valence-electron chi connectivity index (χ4n) is 2.47. The molecule has 2 aromatic rings. The quantitative estimate of drug-likeness (QED) is 0.702. The van der Waals surface area contributed by atoms with Crippen molar-refractivity contribution < 1.29 is 19.1 Å². The summed E-state index contributed by atoms with van der Waals surface area (Å²) >= 11 is 1.28. The van der Waals surface area contributed by atoms with E-state index in [1.54, 1.807) is 50.0 Å². The van der Waals surface area contributed by atoms with E-state index in [0.717, 1.165) is 5.69 Å². The first-order valence-electron chi connectivity index (χ1n) is 8.51. The molecular formula is C18H24N4O4S. The van der Waals surface area contributed by atoms with E-state index < -0.39 is 24.5 Å². The standard InChI is InChI=1S/C18H24N4O4S/c1-10(2)15(20-17(24)13-7-6-8-27-13)18(25)26-9-14(23)19-16-11(3)21-22(5)12(16)4/h6-8,10,15H,9H2,1-5H3,(H,19,23)(H,20,24)/t15-/m0/s1. The van der Waals surface area contributed by atoms with Crippen molar-refractivity contribution in [2.45, 2.75) is 33.7 Å². The van der Waals surface area contributed by atoms with Crippen molar-refractivity contribution >= 4 is 34.8 Å². The van der Waals surface area contributed by atoms with Crippen LogP contribution in [0.15, 0.2) is 17.5 Å².